The molecule has 1 aliphatic carbocycles. The maximum Gasteiger partial charge on any atom is 0.307 e. The lowest BCUT2D eigenvalue weighted by molar-refractivity contribution is -0.146. The van der Waals surface area contributed by atoms with E-state index in [0.717, 1.165) is 6.42 Å². The number of aromatic nitrogens is 2. The van der Waals surface area contributed by atoms with Gasteiger partial charge in [0.1, 0.15) is 6.33 Å². The maximum absolute atomic E-state index is 12.2. The van der Waals surface area contributed by atoms with Crippen LogP contribution in [0.4, 0.5) is 0 Å². The number of nitrogens with one attached hydrogen (secondary N) is 1. The Bertz CT molecular complexity index is 478. The lowest BCUT2D eigenvalue weighted by Crippen LogP contribution is -2.35. The Hall–Kier alpha value is -1.98. The molecule has 0 bridgehead atoms. The number of rotatable bonds is 5. The van der Waals surface area contributed by atoms with E-state index in [1.54, 1.807) is 12.3 Å². The Morgan fingerprint density at radius 2 is 2.15 bits per heavy atom. The molecule has 1 aromatic heterocycles. The standard InChI is InChI=1S/C14H19N3O3/c1-2-9-5-11(12(6-9)14(19)20)13(18)16-7-10-3-4-15-8-17-10/h3-4,8-9,11-12H,2,5-7H2,1H3,(H,16,18)(H,19,20)/t9?,11-,12+/m0/s1. The molecular formula is C14H19N3O3. The second-order valence-electron chi connectivity index (χ2n) is 5.22. The topological polar surface area (TPSA) is 92.2 Å². The van der Waals surface area contributed by atoms with Gasteiger partial charge in [0.2, 0.25) is 5.91 Å². The molecule has 20 heavy (non-hydrogen) atoms. The van der Waals surface area contributed by atoms with Crippen LogP contribution < -0.4 is 5.32 Å². The first-order valence-corrected chi connectivity index (χ1v) is 6.87. The number of hydrogen-bond acceptors (Lipinski definition) is 4. The van der Waals surface area contributed by atoms with Crippen LogP contribution in [0.2, 0.25) is 0 Å². The number of carbonyl (C=O) groups excluding carboxylic acids is 1. The van der Waals surface area contributed by atoms with Crippen molar-refractivity contribution in [2.75, 3.05) is 0 Å². The van der Waals surface area contributed by atoms with E-state index in [1.165, 1.54) is 6.33 Å². The molecule has 6 heteroatoms. The molecular weight excluding hydrogens is 258 g/mol. The first-order valence-electron chi connectivity index (χ1n) is 6.87. The fourth-order valence-electron chi connectivity index (χ4n) is 2.77. The molecule has 1 amide bonds. The molecule has 0 saturated heterocycles. The summed E-state index contributed by atoms with van der Waals surface area (Å²) >= 11 is 0. The van der Waals surface area contributed by atoms with E-state index >= 15 is 0 Å². The van der Waals surface area contributed by atoms with Gasteiger partial charge in [0.25, 0.3) is 0 Å². The van der Waals surface area contributed by atoms with Crippen molar-refractivity contribution in [1.29, 1.82) is 0 Å². The first kappa shape index (κ1) is 14.4. The molecule has 0 aliphatic heterocycles. The molecule has 6 nitrogen and oxygen atoms in total. The summed E-state index contributed by atoms with van der Waals surface area (Å²) in [5.41, 5.74) is 0.713. The van der Waals surface area contributed by atoms with Crippen LogP contribution in [-0.2, 0) is 16.1 Å². The van der Waals surface area contributed by atoms with Crippen LogP contribution in [0.15, 0.2) is 18.6 Å². The predicted octanol–water partition coefficient (Wildman–Crippen LogP) is 1.23. The van der Waals surface area contributed by atoms with Crippen molar-refractivity contribution in [3.05, 3.63) is 24.3 Å². The van der Waals surface area contributed by atoms with E-state index in [2.05, 4.69) is 15.3 Å². The Morgan fingerprint density at radius 1 is 1.40 bits per heavy atom. The Morgan fingerprint density at radius 3 is 2.75 bits per heavy atom. The molecule has 1 aromatic rings. The van der Waals surface area contributed by atoms with Crippen molar-refractivity contribution < 1.29 is 14.7 Å². The van der Waals surface area contributed by atoms with Gasteiger partial charge in [0.05, 0.1) is 24.1 Å². The molecule has 2 N–H and O–H groups in total. The zero-order chi connectivity index (χ0) is 14.5. The molecule has 1 saturated carbocycles. The minimum Gasteiger partial charge on any atom is -0.481 e. The largest absolute Gasteiger partial charge is 0.481 e. The van der Waals surface area contributed by atoms with Gasteiger partial charge in [-0.15, -0.1) is 0 Å². The molecule has 0 spiro atoms. The summed E-state index contributed by atoms with van der Waals surface area (Å²) in [5, 5.41) is 12.0. The Labute approximate surface area is 117 Å². The predicted molar refractivity (Wildman–Crippen MR) is 71.5 cm³/mol. The van der Waals surface area contributed by atoms with Crippen molar-refractivity contribution in [3.63, 3.8) is 0 Å². The number of carboxylic acid groups (broad SMARTS) is 1. The van der Waals surface area contributed by atoms with E-state index in [0.29, 0.717) is 31.0 Å². The van der Waals surface area contributed by atoms with Crippen LogP contribution in [0.3, 0.4) is 0 Å². The van der Waals surface area contributed by atoms with Crippen LogP contribution in [0.5, 0.6) is 0 Å². The Kier molecular flexibility index (Phi) is 4.65. The van der Waals surface area contributed by atoms with Crippen molar-refractivity contribution in [1.82, 2.24) is 15.3 Å². The summed E-state index contributed by atoms with van der Waals surface area (Å²) < 4.78 is 0. The van der Waals surface area contributed by atoms with E-state index < -0.39 is 17.8 Å². The highest BCUT2D eigenvalue weighted by molar-refractivity contribution is 5.85. The number of aliphatic carboxylic acids is 1. The van der Waals surface area contributed by atoms with E-state index in [1.807, 2.05) is 6.92 Å². The second-order valence-corrected chi connectivity index (χ2v) is 5.22. The lowest BCUT2D eigenvalue weighted by atomic mass is 9.95. The quantitative estimate of drug-likeness (QED) is 0.844. The number of hydrogen-bond donors (Lipinski definition) is 2. The fraction of sp³-hybridized carbons (Fsp3) is 0.571. The highest BCUT2D eigenvalue weighted by Crippen LogP contribution is 2.38. The van der Waals surface area contributed by atoms with Gasteiger partial charge in [-0.1, -0.05) is 13.3 Å². The molecule has 0 aromatic carbocycles. The van der Waals surface area contributed by atoms with Gasteiger partial charge in [-0.25, -0.2) is 9.97 Å². The van der Waals surface area contributed by atoms with Gasteiger partial charge in [0, 0.05) is 6.20 Å². The zero-order valence-electron chi connectivity index (χ0n) is 11.5. The van der Waals surface area contributed by atoms with Crippen molar-refractivity contribution in [2.24, 2.45) is 17.8 Å². The fourth-order valence-corrected chi connectivity index (χ4v) is 2.77. The van der Waals surface area contributed by atoms with E-state index in [-0.39, 0.29) is 5.91 Å². The third-order valence-electron chi connectivity index (χ3n) is 3.98. The van der Waals surface area contributed by atoms with Gasteiger partial charge < -0.3 is 10.4 Å². The van der Waals surface area contributed by atoms with Gasteiger partial charge in [-0.3, -0.25) is 9.59 Å². The number of carbonyl (C=O) groups is 2. The van der Waals surface area contributed by atoms with Crippen LogP contribution in [0, 0.1) is 17.8 Å². The highest BCUT2D eigenvalue weighted by atomic mass is 16.4. The normalized spacial score (nSPS) is 25.4. The zero-order valence-corrected chi connectivity index (χ0v) is 11.5. The summed E-state index contributed by atoms with van der Waals surface area (Å²) in [6.45, 7) is 2.34. The van der Waals surface area contributed by atoms with Gasteiger partial charge in [-0.05, 0) is 24.8 Å². The maximum atomic E-state index is 12.2. The molecule has 1 fully saturated rings. The first-order chi connectivity index (χ1) is 9.61. The molecule has 1 aliphatic rings. The molecule has 3 atom stereocenters. The minimum atomic E-state index is -0.872. The van der Waals surface area contributed by atoms with Crippen LogP contribution in [0.1, 0.15) is 31.9 Å². The highest BCUT2D eigenvalue weighted by Gasteiger charge is 2.41. The third-order valence-corrected chi connectivity index (χ3v) is 3.98. The van der Waals surface area contributed by atoms with E-state index in [4.69, 9.17) is 0 Å². The van der Waals surface area contributed by atoms with Crippen LogP contribution in [-0.4, -0.2) is 27.0 Å². The Balaban J connectivity index is 1.95. The van der Waals surface area contributed by atoms with E-state index in [9.17, 15) is 14.7 Å². The van der Waals surface area contributed by atoms with Crippen molar-refractivity contribution in [3.8, 4) is 0 Å². The summed E-state index contributed by atoms with van der Waals surface area (Å²) in [7, 11) is 0. The molecule has 2 rings (SSSR count). The third kappa shape index (κ3) is 3.31. The SMILES string of the molecule is CCC1C[C@H](C(=O)NCc2ccncn2)[C@H](C(=O)O)C1. The average Bonchev–Trinajstić information content (AvgIpc) is 2.90. The number of carboxylic acids is 1. The van der Waals surface area contributed by atoms with Gasteiger partial charge in [-0.2, -0.15) is 0 Å². The van der Waals surface area contributed by atoms with Gasteiger partial charge >= 0.3 is 5.97 Å². The number of nitrogens with zero attached hydrogens (tertiary/aromatic N) is 2. The average molecular weight is 277 g/mol. The van der Waals surface area contributed by atoms with Crippen molar-refractivity contribution >= 4 is 11.9 Å². The lowest BCUT2D eigenvalue weighted by Gasteiger charge is -2.15. The molecule has 1 heterocycles. The molecule has 1 unspecified atom stereocenters. The molecule has 0 radical (unpaired) electrons. The monoisotopic (exact) mass is 277 g/mol. The minimum absolute atomic E-state index is 0.188. The van der Waals surface area contributed by atoms with Crippen molar-refractivity contribution in [2.45, 2.75) is 32.7 Å². The molecule has 108 valence electrons. The summed E-state index contributed by atoms with van der Waals surface area (Å²) in [6, 6.07) is 1.72. The van der Waals surface area contributed by atoms with Crippen LogP contribution in [0.25, 0.3) is 0 Å². The second kappa shape index (κ2) is 6.45. The summed E-state index contributed by atoms with van der Waals surface area (Å²) in [5.74, 6) is -1.73. The summed E-state index contributed by atoms with van der Waals surface area (Å²) in [6.07, 6.45) is 5.20. The summed E-state index contributed by atoms with van der Waals surface area (Å²) in [4.78, 5) is 31.3. The smallest absolute Gasteiger partial charge is 0.307 e. The van der Waals surface area contributed by atoms with Crippen LogP contribution >= 0.6 is 0 Å². The van der Waals surface area contributed by atoms with Gasteiger partial charge in [0.15, 0.2) is 0 Å². The number of amides is 1.